The van der Waals surface area contributed by atoms with Crippen molar-refractivity contribution in [2.75, 3.05) is 31.4 Å². The number of para-hydroxylation sites is 1. The molecule has 4 rings (SSSR count). The second-order valence-electron chi connectivity index (χ2n) is 12.3. The lowest BCUT2D eigenvalue weighted by Crippen LogP contribution is -2.56. The number of carbonyl (C=O) groups is 1. The monoisotopic (exact) mass is 661 g/mol. The van der Waals surface area contributed by atoms with Gasteiger partial charge in [0, 0.05) is 43.6 Å². The average molecular weight is 663 g/mol. The standard InChI is InChI=1S/C32H39Cl2FN5O3P/c1-20(2)22-12-9-11-15-27(22)37-44(7,42)38-30(40-17-16-39(19-21(40)3)31(41)43-32(4,5)6)24-18-25(33)28(36-29(24)34)23-13-8-10-14-26(23)35/h8-15,18,20-21H,16-17,19H2,1-7H3,(H,37,42)/b38-30-/t21-,44?/m0/s1. The van der Waals surface area contributed by atoms with Gasteiger partial charge in [-0.25, -0.2) is 14.2 Å². The van der Waals surface area contributed by atoms with Gasteiger partial charge >= 0.3 is 6.09 Å². The number of benzene rings is 2. The van der Waals surface area contributed by atoms with Crippen molar-refractivity contribution >= 4 is 48.3 Å². The fourth-order valence-corrected chi connectivity index (χ4v) is 6.79. The lowest BCUT2D eigenvalue weighted by molar-refractivity contribution is 0.0134. The molecule has 8 nitrogen and oxygen atoms in total. The summed E-state index contributed by atoms with van der Waals surface area (Å²) in [7, 11) is -3.47. The molecule has 1 N–H and O–H groups in total. The number of carbonyl (C=O) groups excluding carboxylic acids is 1. The van der Waals surface area contributed by atoms with E-state index >= 15 is 0 Å². The van der Waals surface area contributed by atoms with Gasteiger partial charge in [0.05, 0.1) is 16.3 Å². The van der Waals surface area contributed by atoms with Crippen molar-refractivity contribution in [3.63, 3.8) is 0 Å². The van der Waals surface area contributed by atoms with E-state index in [0.29, 0.717) is 31.0 Å². The first-order chi connectivity index (χ1) is 20.6. The van der Waals surface area contributed by atoms with Crippen LogP contribution in [-0.2, 0) is 9.30 Å². The van der Waals surface area contributed by atoms with E-state index in [2.05, 4.69) is 23.9 Å². The van der Waals surface area contributed by atoms with Gasteiger partial charge < -0.3 is 19.6 Å². The molecule has 0 saturated carbocycles. The molecule has 1 amide bonds. The van der Waals surface area contributed by atoms with E-state index in [-0.39, 0.29) is 33.4 Å². The van der Waals surface area contributed by atoms with E-state index < -0.39 is 25.0 Å². The first kappa shape index (κ1) is 33.8. The van der Waals surface area contributed by atoms with E-state index in [4.69, 9.17) is 32.7 Å². The molecular formula is C32H39Cl2FN5O3P. The number of halogens is 3. The molecular weight excluding hydrogens is 623 g/mol. The Labute approximate surface area is 269 Å². The van der Waals surface area contributed by atoms with Gasteiger partial charge in [-0.15, -0.1) is 0 Å². The van der Waals surface area contributed by atoms with Crippen molar-refractivity contribution in [3.05, 3.63) is 81.7 Å². The summed E-state index contributed by atoms with van der Waals surface area (Å²) in [5.41, 5.74) is 1.82. The SMILES string of the molecule is CC(C)c1ccccc1NP(C)(=O)/N=C(/c1cc(Cl)c(-c2ccccc2F)nc1Cl)N1CCN(C(=O)OC(C)(C)C)C[C@@H]1C. The van der Waals surface area contributed by atoms with E-state index in [0.717, 1.165) is 11.3 Å². The number of aromatic nitrogens is 1. The van der Waals surface area contributed by atoms with Crippen LogP contribution in [-0.4, -0.2) is 64.7 Å². The predicted octanol–water partition coefficient (Wildman–Crippen LogP) is 8.94. The van der Waals surface area contributed by atoms with Gasteiger partial charge in [0.2, 0.25) is 0 Å². The van der Waals surface area contributed by atoms with Crippen molar-refractivity contribution in [1.82, 2.24) is 14.8 Å². The summed E-state index contributed by atoms with van der Waals surface area (Å²) in [5, 5.41) is 3.35. The second-order valence-corrected chi connectivity index (χ2v) is 15.2. The highest BCUT2D eigenvalue weighted by molar-refractivity contribution is 7.63. The highest BCUT2D eigenvalue weighted by Crippen LogP contribution is 2.46. The smallest absolute Gasteiger partial charge is 0.410 e. The Morgan fingerprint density at radius 2 is 1.80 bits per heavy atom. The Balaban J connectivity index is 1.78. The van der Waals surface area contributed by atoms with Crippen LogP contribution in [0, 0.1) is 5.82 Å². The third-order valence-electron chi connectivity index (χ3n) is 7.05. The first-order valence-electron chi connectivity index (χ1n) is 14.5. The average Bonchev–Trinajstić information content (AvgIpc) is 2.92. The fraction of sp³-hybridized carbons (Fsp3) is 0.406. The summed E-state index contributed by atoms with van der Waals surface area (Å²) in [5.74, 6) is 0.00485. The topological polar surface area (TPSA) is 87.1 Å². The van der Waals surface area contributed by atoms with Crippen LogP contribution in [0.1, 0.15) is 58.6 Å². The summed E-state index contributed by atoms with van der Waals surface area (Å²) in [4.78, 5) is 20.9. The number of amides is 1. The molecule has 1 aromatic heterocycles. The molecule has 1 unspecified atom stereocenters. The van der Waals surface area contributed by atoms with Crippen LogP contribution in [0.15, 0.2) is 59.4 Å². The maximum atomic E-state index is 14.7. The van der Waals surface area contributed by atoms with E-state index in [1.54, 1.807) is 35.8 Å². The molecule has 236 valence electrons. The molecule has 2 atom stereocenters. The van der Waals surface area contributed by atoms with E-state index in [1.165, 1.54) is 6.07 Å². The molecule has 1 aliphatic rings. The van der Waals surface area contributed by atoms with Crippen LogP contribution in [0.5, 0.6) is 0 Å². The van der Waals surface area contributed by atoms with Crippen LogP contribution in [0.4, 0.5) is 14.9 Å². The number of hydrogen-bond donors (Lipinski definition) is 1. The molecule has 0 radical (unpaired) electrons. The molecule has 2 heterocycles. The maximum Gasteiger partial charge on any atom is 0.410 e. The normalized spacial score (nSPS) is 17.4. The summed E-state index contributed by atoms with van der Waals surface area (Å²) in [6.07, 6.45) is -0.410. The van der Waals surface area contributed by atoms with Gasteiger partial charge in [-0.2, -0.15) is 4.76 Å². The van der Waals surface area contributed by atoms with Gasteiger partial charge in [0.15, 0.2) is 0 Å². The third-order valence-corrected chi connectivity index (χ3v) is 8.85. The van der Waals surface area contributed by atoms with Crippen molar-refractivity contribution in [2.45, 2.75) is 59.1 Å². The minimum atomic E-state index is -3.47. The Morgan fingerprint density at radius 3 is 2.43 bits per heavy atom. The molecule has 1 fully saturated rings. The number of ether oxygens (including phenoxy) is 1. The van der Waals surface area contributed by atoms with Gasteiger partial charge in [0.1, 0.15) is 22.4 Å². The summed E-state index contributed by atoms with van der Waals surface area (Å²) >= 11 is 13.5. The second kappa shape index (κ2) is 13.5. The first-order valence-corrected chi connectivity index (χ1v) is 17.3. The number of hydrogen-bond acceptors (Lipinski definition) is 4. The Kier molecular flexibility index (Phi) is 10.3. The van der Waals surface area contributed by atoms with Crippen LogP contribution in [0.3, 0.4) is 0 Å². The van der Waals surface area contributed by atoms with Gasteiger partial charge in [0.25, 0.3) is 7.44 Å². The molecule has 0 spiro atoms. The molecule has 0 bridgehead atoms. The minimum Gasteiger partial charge on any atom is -0.444 e. The van der Waals surface area contributed by atoms with Crippen molar-refractivity contribution < 1.29 is 18.5 Å². The Hall–Kier alpha value is -3.13. The Bertz CT molecular complexity index is 1610. The van der Waals surface area contributed by atoms with Gasteiger partial charge in [-0.3, -0.25) is 4.57 Å². The quantitative estimate of drug-likeness (QED) is 0.123. The summed E-state index contributed by atoms with van der Waals surface area (Å²) < 4.78 is 39.2. The van der Waals surface area contributed by atoms with Crippen molar-refractivity contribution in [2.24, 2.45) is 4.76 Å². The lowest BCUT2D eigenvalue weighted by atomic mass is 10.0. The number of pyridine rings is 1. The number of piperazine rings is 1. The summed E-state index contributed by atoms with van der Waals surface area (Å²) in [6.45, 7) is 14.1. The third kappa shape index (κ3) is 8.12. The highest BCUT2D eigenvalue weighted by atomic mass is 35.5. The maximum absolute atomic E-state index is 14.7. The molecule has 44 heavy (non-hydrogen) atoms. The van der Waals surface area contributed by atoms with Crippen molar-refractivity contribution in [1.29, 1.82) is 0 Å². The zero-order chi connectivity index (χ0) is 32.4. The summed E-state index contributed by atoms with van der Waals surface area (Å²) in [6, 6.07) is 15.1. The zero-order valence-corrected chi connectivity index (χ0v) is 28.5. The number of anilines is 1. The zero-order valence-electron chi connectivity index (χ0n) is 26.1. The molecule has 0 aliphatic carbocycles. The largest absolute Gasteiger partial charge is 0.444 e. The minimum absolute atomic E-state index is 0.0238. The molecule has 2 aromatic carbocycles. The van der Waals surface area contributed by atoms with Crippen LogP contribution in [0.2, 0.25) is 10.2 Å². The Morgan fingerprint density at radius 1 is 1.14 bits per heavy atom. The number of amidine groups is 1. The van der Waals surface area contributed by atoms with E-state index in [1.807, 2.05) is 56.9 Å². The lowest BCUT2D eigenvalue weighted by Gasteiger charge is -2.42. The fourth-order valence-electron chi connectivity index (χ4n) is 5.03. The number of nitrogens with zero attached hydrogens (tertiary/aromatic N) is 4. The molecule has 12 heteroatoms. The highest BCUT2D eigenvalue weighted by Gasteiger charge is 2.34. The molecule has 1 aliphatic heterocycles. The number of nitrogens with one attached hydrogen (secondary N) is 1. The molecule has 1 saturated heterocycles. The van der Waals surface area contributed by atoms with Crippen LogP contribution >= 0.6 is 30.6 Å². The van der Waals surface area contributed by atoms with Gasteiger partial charge in [-0.05, 0) is 63.4 Å². The predicted molar refractivity (Wildman–Crippen MR) is 178 cm³/mol. The van der Waals surface area contributed by atoms with Crippen molar-refractivity contribution in [3.8, 4) is 11.3 Å². The van der Waals surface area contributed by atoms with Crippen LogP contribution in [0.25, 0.3) is 11.3 Å². The number of rotatable bonds is 6. The van der Waals surface area contributed by atoms with Crippen LogP contribution < -0.4 is 5.09 Å². The van der Waals surface area contributed by atoms with E-state index in [9.17, 15) is 13.8 Å². The van der Waals surface area contributed by atoms with Gasteiger partial charge in [-0.1, -0.05) is 67.4 Å². The molecule has 3 aromatic rings.